The first-order chi connectivity index (χ1) is 8.47. The quantitative estimate of drug-likeness (QED) is 0.743. The topological polar surface area (TPSA) is 79.6 Å². The molecule has 0 unspecified atom stereocenters. The van der Waals surface area contributed by atoms with E-state index in [2.05, 4.69) is 0 Å². The first-order valence-corrected chi connectivity index (χ1v) is 5.39. The summed E-state index contributed by atoms with van der Waals surface area (Å²) in [4.78, 5) is 21.8. The number of aryl methyl sites for hydroxylation is 1. The van der Waals surface area contributed by atoms with Crippen LogP contribution >= 0.6 is 0 Å². The van der Waals surface area contributed by atoms with E-state index in [9.17, 15) is 14.7 Å². The largest absolute Gasteiger partial charge is 0.546 e. The van der Waals surface area contributed by atoms with E-state index in [4.69, 9.17) is 9.15 Å². The molecule has 18 heavy (non-hydrogen) atoms. The van der Waals surface area contributed by atoms with Crippen LogP contribution in [0, 0.1) is 6.92 Å². The molecule has 0 fully saturated rings. The average molecular weight is 247 g/mol. The molecule has 0 amide bonds. The van der Waals surface area contributed by atoms with E-state index in [0.717, 1.165) is 5.56 Å². The predicted molar refractivity (Wildman–Crippen MR) is 62.3 cm³/mol. The van der Waals surface area contributed by atoms with Gasteiger partial charge in [-0.1, -0.05) is 0 Å². The number of hydrogen-bond acceptors (Lipinski definition) is 5. The van der Waals surface area contributed by atoms with Gasteiger partial charge in [-0.3, -0.25) is 0 Å². The van der Waals surface area contributed by atoms with Gasteiger partial charge in [-0.15, -0.1) is 0 Å². The summed E-state index contributed by atoms with van der Waals surface area (Å²) in [5, 5.41) is 11.3. The van der Waals surface area contributed by atoms with E-state index in [0.29, 0.717) is 16.7 Å². The van der Waals surface area contributed by atoms with Crippen molar-refractivity contribution in [1.82, 2.24) is 0 Å². The minimum atomic E-state index is -1.29. The Morgan fingerprint density at radius 1 is 1.39 bits per heavy atom. The Balaban J connectivity index is 2.44. The normalized spacial score (nSPS) is 12.3. The number of carboxylic acids is 1. The average Bonchev–Trinajstić information content (AvgIpc) is 2.29. The molecular weight excluding hydrogens is 236 g/mol. The summed E-state index contributed by atoms with van der Waals surface area (Å²) in [5.74, 6) is -0.900. The van der Waals surface area contributed by atoms with E-state index in [1.54, 1.807) is 25.1 Å². The first kappa shape index (κ1) is 12.2. The van der Waals surface area contributed by atoms with Crippen LogP contribution < -0.4 is 15.5 Å². The lowest BCUT2D eigenvalue weighted by Gasteiger charge is -2.15. The molecule has 1 atom stereocenters. The molecule has 2 aromatic rings. The molecule has 2 rings (SSSR count). The number of carbonyl (C=O) groups excluding carboxylic acids is 1. The van der Waals surface area contributed by atoms with Crippen LogP contribution in [-0.4, -0.2) is 12.1 Å². The Hall–Kier alpha value is -2.30. The van der Waals surface area contributed by atoms with Crippen molar-refractivity contribution in [2.75, 3.05) is 0 Å². The lowest BCUT2D eigenvalue weighted by atomic mass is 10.1. The van der Waals surface area contributed by atoms with Gasteiger partial charge >= 0.3 is 5.63 Å². The summed E-state index contributed by atoms with van der Waals surface area (Å²) >= 11 is 0. The fourth-order valence-corrected chi connectivity index (χ4v) is 1.62. The molecule has 0 aliphatic rings. The second kappa shape index (κ2) is 4.52. The van der Waals surface area contributed by atoms with Crippen molar-refractivity contribution in [2.45, 2.75) is 20.0 Å². The van der Waals surface area contributed by atoms with Gasteiger partial charge in [0.05, 0.1) is 5.97 Å². The van der Waals surface area contributed by atoms with E-state index in [-0.39, 0.29) is 0 Å². The van der Waals surface area contributed by atoms with Gasteiger partial charge in [0.15, 0.2) is 0 Å². The molecule has 5 nitrogen and oxygen atoms in total. The number of benzene rings is 1. The number of carboxylic acid groups (broad SMARTS) is 1. The van der Waals surface area contributed by atoms with Crippen molar-refractivity contribution in [3.05, 3.63) is 40.2 Å². The molecule has 0 saturated heterocycles. The lowest BCUT2D eigenvalue weighted by Crippen LogP contribution is -2.37. The standard InChI is InChI=1S/C13H12O5/c1-7-5-12(14)18-11-4-3-9(6-10(7)11)17-8(2)13(15)16/h3-6,8H,1-2H3,(H,15,16)/p-1/t8-/m1/s1. The molecule has 1 aromatic carbocycles. The minimum Gasteiger partial charge on any atom is -0.546 e. The molecule has 0 bridgehead atoms. The van der Waals surface area contributed by atoms with E-state index in [1.807, 2.05) is 0 Å². The summed E-state index contributed by atoms with van der Waals surface area (Å²) in [6.07, 6.45) is -1.04. The van der Waals surface area contributed by atoms with Crippen LogP contribution in [0.3, 0.4) is 0 Å². The second-order valence-electron chi connectivity index (χ2n) is 3.99. The van der Waals surface area contributed by atoms with Crippen LogP contribution in [-0.2, 0) is 4.79 Å². The predicted octanol–water partition coefficient (Wildman–Crippen LogP) is 0.619. The van der Waals surface area contributed by atoms with Gasteiger partial charge in [0, 0.05) is 11.5 Å². The van der Waals surface area contributed by atoms with Crippen molar-refractivity contribution in [3.8, 4) is 5.75 Å². The Kier molecular flexibility index (Phi) is 3.06. The molecular formula is C13H11O5-. The number of ether oxygens (including phenoxy) is 1. The zero-order valence-electron chi connectivity index (χ0n) is 9.93. The maximum atomic E-state index is 11.2. The third-order valence-corrected chi connectivity index (χ3v) is 2.57. The van der Waals surface area contributed by atoms with Crippen LogP contribution in [0.15, 0.2) is 33.5 Å². The molecule has 0 N–H and O–H groups in total. The smallest absolute Gasteiger partial charge is 0.336 e. The van der Waals surface area contributed by atoms with Gasteiger partial charge in [0.25, 0.3) is 0 Å². The zero-order chi connectivity index (χ0) is 13.3. The fourth-order valence-electron chi connectivity index (χ4n) is 1.62. The number of fused-ring (bicyclic) bond motifs is 1. The van der Waals surface area contributed by atoms with Crippen LogP contribution in [0.2, 0.25) is 0 Å². The molecule has 5 heteroatoms. The highest BCUT2D eigenvalue weighted by Gasteiger charge is 2.07. The highest BCUT2D eigenvalue weighted by molar-refractivity contribution is 5.81. The lowest BCUT2D eigenvalue weighted by molar-refractivity contribution is -0.312. The van der Waals surface area contributed by atoms with Crippen LogP contribution in [0.1, 0.15) is 12.5 Å². The number of carbonyl (C=O) groups is 1. The van der Waals surface area contributed by atoms with Gasteiger partial charge in [0.2, 0.25) is 0 Å². The SMILES string of the molecule is Cc1cc(=O)oc2ccc(O[C@H](C)C(=O)[O-])cc12. The van der Waals surface area contributed by atoms with Crippen molar-refractivity contribution < 1.29 is 19.1 Å². The Labute approximate surface area is 103 Å². The molecule has 1 heterocycles. The van der Waals surface area contributed by atoms with Crippen molar-refractivity contribution in [2.24, 2.45) is 0 Å². The summed E-state index contributed by atoms with van der Waals surface area (Å²) in [6, 6.07) is 6.12. The Bertz CT molecular complexity index is 656. The Morgan fingerprint density at radius 2 is 2.11 bits per heavy atom. The minimum absolute atomic E-state index is 0.385. The molecule has 0 aliphatic carbocycles. The third kappa shape index (κ3) is 2.34. The van der Waals surface area contributed by atoms with Gasteiger partial charge in [-0.2, -0.15) is 0 Å². The fraction of sp³-hybridized carbons (Fsp3) is 0.231. The summed E-state index contributed by atoms with van der Waals surface area (Å²) < 4.78 is 10.2. The number of aliphatic carboxylic acids is 1. The van der Waals surface area contributed by atoms with Gasteiger partial charge in [0.1, 0.15) is 17.4 Å². The second-order valence-corrected chi connectivity index (χ2v) is 3.99. The summed E-state index contributed by atoms with van der Waals surface area (Å²) in [6.45, 7) is 3.16. The van der Waals surface area contributed by atoms with E-state index >= 15 is 0 Å². The number of hydrogen-bond donors (Lipinski definition) is 0. The maximum Gasteiger partial charge on any atom is 0.336 e. The maximum absolute atomic E-state index is 11.2. The summed E-state index contributed by atoms with van der Waals surface area (Å²) in [7, 11) is 0. The van der Waals surface area contributed by atoms with Crippen molar-refractivity contribution in [1.29, 1.82) is 0 Å². The molecule has 0 radical (unpaired) electrons. The number of rotatable bonds is 3. The van der Waals surface area contributed by atoms with Gasteiger partial charge in [-0.05, 0) is 37.6 Å². The molecule has 1 aromatic heterocycles. The van der Waals surface area contributed by atoms with E-state index in [1.165, 1.54) is 13.0 Å². The Morgan fingerprint density at radius 3 is 2.78 bits per heavy atom. The molecule has 0 spiro atoms. The van der Waals surface area contributed by atoms with Crippen LogP contribution in [0.4, 0.5) is 0 Å². The first-order valence-electron chi connectivity index (χ1n) is 5.39. The highest BCUT2D eigenvalue weighted by Crippen LogP contribution is 2.23. The monoisotopic (exact) mass is 247 g/mol. The van der Waals surface area contributed by atoms with Crippen LogP contribution in [0.5, 0.6) is 5.75 Å². The van der Waals surface area contributed by atoms with Crippen molar-refractivity contribution >= 4 is 16.9 Å². The molecule has 94 valence electrons. The highest BCUT2D eigenvalue weighted by atomic mass is 16.5. The molecule has 0 aliphatic heterocycles. The van der Waals surface area contributed by atoms with Gasteiger partial charge < -0.3 is 19.1 Å². The summed E-state index contributed by atoms with van der Waals surface area (Å²) in [5.41, 5.74) is 0.762. The molecule has 0 saturated carbocycles. The van der Waals surface area contributed by atoms with Crippen LogP contribution in [0.25, 0.3) is 11.0 Å². The van der Waals surface area contributed by atoms with E-state index < -0.39 is 17.7 Å². The zero-order valence-corrected chi connectivity index (χ0v) is 9.93. The van der Waals surface area contributed by atoms with Crippen molar-refractivity contribution in [3.63, 3.8) is 0 Å². The third-order valence-electron chi connectivity index (χ3n) is 2.57. The van der Waals surface area contributed by atoms with Gasteiger partial charge in [-0.25, -0.2) is 4.79 Å².